The third kappa shape index (κ3) is 4.93. The second-order valence-electron chi connectivity index (χ2n) is 6.70. The summed E-state index contributed by atoms with van der Waals surface area (Å²) in [7, 11) is 0. The van der Waals surface area contributed by atoms with Crippen molar-refractivity contribution in [1.82, 2.24) is 9.78 Å². The van der Waals surface area contributed by atoms with Gasteiger partial charge in [0.1, 0.15) is 0 Å². The van der Waals surface area contributed by atoms with Gasteiger partial charge >= 0.3 is 0 Å². The third-order valence-corrected chi connectivity index (χ3v) is 4.70. The van der Waals surface area contributed by atoms with Gasteiger partial charge in [0.15, 0.2) is 0 Å². The van der Waals surface area contributed by atoms with E-state index in [2.05, 4.69) is 40.1 Å². The van der Waals surface area contributed by atoms with Gasteiger partial charge in [0.2, 0.25) is 5.92 Å². The lowest BCUT2D eigenvalue weighted by Gasteiger charge is -2.12. The first-order valence-corrected chi connectivity index (χ1v) is 9.24. The van der Waals surface area contributed by atoms with Gasteiger partial charge in [0.25, 0.3) is 0 Å². The van der Waals surface area contributed by atoms with Crippen molar-refractivity contribution >= 4 is 5.57 Å². The van der Waals surface area contributed by atoms with Gasteiger partial charge in [0.05, 0.1) is 18.0 Å². The summed E-state index contributed by atoms with van der Waals surface area (Å²) in [5.74, 6) is -2.41. The highest BCUT2D eigenvalue weighted by atomic mass is 19.3. The molecule has 0 spiro atoms. The van der Waals surface area contributed by atoms with Gasteiger partial charge < -0.3 is 5.11 Å². The number of allylic oxidation sites excluding steroid dienone is 1. The fraction of sp³-hybridized carbons (Fsp3) is 0.476. The summed E-state index contributed by atoms with van der Waals surface area (Å²) >= 11 is 0. The van der Waals surface area contributed by atoms with Crippen LogP contribution in [0.15, 0.2) is 42.7 Å². The number of aliphatic hydroxyl groups is 1. The van der Waals surface area contributed by atoms with Crippen LogP contribution in [0.1, 0.15) is 69.4 Å². The molecular formula is C21H28F2N2O. The minimum Gasteiger partial charge on any atom is -0.515 e. The molecule has 0 amide bonds. The monoisotopic (exact) mass is 362 g/mol. The Morgan fingerprint density at radius 2 is 2.00 bits per heavy atom. The van der Waals surface area contributed by atoms with Crippen LogP contribution in [0.25, 0.3) is 5.57 Å². The zero-order chi connectivity index (χ0) is 19.2. The van der Waals surface area contributed by atoms with Crippen molar-refractivity contribution in [3.8, 4) is 0 Å². The highest BCUT2D eigenvalue weighted by molar-refractivity contribution is 5.59. The molecule has 0 radical (unpaired) electrons. The lowest BCUT2D eigenvalue weighted by atomic mass is 10.1. The lowest BCUT2D eigenvalue weighted by molar-refractivity contribution is -0.0119. The van der Waals surface area contributed by atoms with E-state index in [1.165, 1.54) is 18.2 Å². The molecule has 3 rings (SSSR count). The van der Waals surface area contributed by atoms with Crippen molar-refractivity contribution in [3.05, 3.63) is 59.6 Å². The second kappa shape index (κ2) is 8.97. The minimum absolute atomic E-state index is 0.0269. The SMILES string of the molecule is CC(=CO)c1cc2n(n1)C(c1ccccc1)CC2.CCCC(F)(F)CC. The number of fused-ring (bicyclic) bond motifs is 1. The van der Waals surface area contributed by atoms with Crippen molar-refractivity contribution in [3.63, 3.8) is 0 Å². The number of alkyl halides is 2. The number of aryl methyl sites for hydroxylation is 1. The fourth-order valence-electron chi connectivity index (χ4n) is 3.08. The summed E-state index contributed by atoms with van der Waals surface area (Å²) in [6.07, 6.45) is 3.85. The molecule has 1 atom stereocenters. The molecule has 1 aliphatic rings. The van der Waals surface area contributed by atoms with Crippen LogP contribution in [-0.4, -0.2) is 20.8 Å². The van der Waals surface area contributed by atoms with Crippen LogP contribution >= 0.6 is 0 Å². The van der Waals surface area contributed by atoms with Gasteiger partial charge in [-0.2, -0.15) is 5.10 Å². The Bertz CT molecular complexity index is 723. The number of benzene rings is 1. The minimum atomic E-state index is -2.41. The molecule has 3 nitrogen and oxygen atoms in total. The predicted molar refractivity (Wildman–Crippen MR) is 102 cm³/mol. The summed E-state index contributed by atoms with van der Waals surface area (Å²) < 4.78 is 26.4. The second-order valence-corrected chi connectivity index (χ2v) is 6.70. The Morgan fingerprint density at radius 3 is 2.54 bits per heavy atom. The Morgan fingerprint density at radius 1 is 1.31 bits per heavy atom. The van der Waals surface area contributed by atoms with E-state index in [1.807, 2.05) is 13.0 Å². The molecule has 5 heteroatoms. The maximum atomic E-state index is 12.2. The largest absolute Gasteiger partial charge is 0.515 e. The molecule has 2 heterocycles. The Labute approximate surface area is 154 Å². The van der Waals surface area contributed by atoms with Gasteiger partial charge in [-0.3, -0.25) is 4.68 Å². The number of aliphatic hydroxyl groups excluding tert-OH is 1. The summed E-state index contributed by atoms with van der Waals surface area (Å²) in [6.45, 7) is 5.15. The van der Waals surface area contributed by atoms with E-state index in [9.17, 15) is 8.78 Å². The molecule has 1 aromatic heterocycles. The lowest BCUT2D eigenvalue weighted by Crippen LogP contribution is -2.12. The molecular weight excluding hydrogens is 334 g/mol. The number of nitrogens with zero attached hydrogens (tertiary/aromatic N) is 2. The van der Waals surface area contributed by atoms with Gasteiger partial charge in [-0.25, -0.2) is 8.78 Å². The quantitative estimate of drug-likeness (QED) is 0.646. The molecule has 1 aromatic carbocycles. The number of hydrogen-bond acceptors (Lipinski definition) is 2. The smallest absolute Gasteiger partial charge is 0.247 e. The molecule has 0 saturated carbocycles. The van der Waals surface area contributed by atoms with Crippen LogP contribution < -0.4 is 0 Å². The van der Waals surface area contributed by atoms with Crippen LogP contribution in [0.4, 0.5) is 8.78 Å². The van der Waals surface area contributed by atoms with E-state index < -0.39 is 5.92 Å². The topological polar surface area (TPSA) is 38.0 Å². The average Bonchev–Trinajstić information content (AvgIpc) is 3.23. The Kier molecular flexibility index (Phi) is 6.95. The summed E-state index contributed by atoms with van der Waals surface area (Å²) in [5.41, 5.74) is 4.23. The van der Waals surface area contributed by atoms with E-state index in [0.29, 0.717) is 12.5 Å². The van der Waals surface area contributed by atoms with Crippen LogP contribution in [0.3, 0.4) is 0 Å². The van der Waals surface area contributed by atoms with Crippen molar-refractivity contribution in [2.75, 3.05) is 0 Å². The van der Waals surface area contributed by atoms with Crippen LogP contribution in [-0.2, 0) is 6.42 Å². The number of rotatable bonds is 5. The molecule has 142 valence electrons. The molecule has 0 bridgehead atoms. The van der Waals surface area contributed by atoms with E-state index in [0.717, 1.165) is 30.4 Å². The van der Waals surface area contributed by atoms with Gasteiger partial charge in [0, 0.05) is 24.1 Å². The molecule has 1 aliphatic heterocycles. The molecule has 0 saturated heterocycles. The van der Waals surface area contributed by atoms with E-state index >= 15 is 0 Å². The highest BCUT2D eigenvalue weighted by Crippen LogP contribution is 2.32. The molecule has 26 heavy (non-hydrogen) atoms. The average molecular weight is 362 g/mol. The maximum absolute atomic E-state index is 12.2. The van der Waals surface area contributed by atoms with Crippen molar-refractivity contribution in [1.29, 1.82) is 0 Å². The zero-order valence-corrected chi connectivity index (χ0v) is 15.8. The zero-order valence-electron chi connectivity index (χ0n) is 15.8. The molecule has 1 N–H and O–H groups in total. The third-order valence-electron chi connectivity index (χ3n) is 4.70. The number of halogens is 2. The fourth-order valence-corrected chi connectivity index (χ4v) is 3.08. The first kappa shape index (κ1) is 20.1. The van der Waals surface area contributed by atoms with E-state index in [-0.39, 0.29) is 12.8 Å². The Hall–Kier alpha value is -2.17. The molecule has 0 fully saturated rings. The Balaban J connectivity index is 0.000000260. The van der Waals surface area contributed by atoms with Crippen LogP contribution in [0.5, 0.6) is 0 Å². The van der Waals surface area contributed by atoms with Gasteiger partial charge in [-0.05, 0) is 31.4 Å². The number of hydrogen-bond donors (Lipinski definition) is 1. The van der Waals surface area contributed by atoms with E-state index in [4.69, 9.17) is 5.11 Å². The van der Waals surface area contributed by atoms with Crippen LogP contribution in [0, 0.1) is 0 Å². The van der Waals surface area contributed by atoms with E-state index in [1.54, 1.807) is 6.92 Å². The summed E-state index contributed by atoms with van der Waals surface area (Å²) in [5, 5.41) is 13.7. The first-order chi connectivity index (χ1) is 12.4. The molecule has 0 aliphatic carbocycles. The summed E-state index contributed by atoms with van der Waals surface area (Å²) in [6, 6.07) is 12.9. The molecule has 2 aromatic rings. The van der Waals surface area contributed by atoms with Crippen LogP contribution in [0.2, 0.25) is 0 Å². The van der Waals surface area contributed by atoms with Crippen molar-refractivity contribution < 1.29 is 13.9 Å². The van der Waals surface area contributed by atoms with Gasteiger partial charge in [-0.15, -0.1) is 0 Å². The normalized spacial score (nSPS) is 16.8. The molecule has 1 unspecified atom stereocenters. The first-order valence-electron chi connectivity index (χ1n) is 9.24. The standard InChI is InChI=1S/C15H16N2O.C6H12F2/c1-11(10-18)14-9-13-7-8-15(17(13)16-14)12-5-3-2-4-6-12;1-3-5-6(7,8)4-2/h2-6,9-10,15,18H,7-8H2,1H3;3-5H2,1-2H3. The van der Waals surface area contributed by atoms with Gasteiger partial charge in [-0.1, -0.05) is 50.6 Å². The maximum Gasteiger partial charge on any atom is 0.247 e. The van der Waals surface area contributed by atoms with Crippen molar-refractivity contribution in [2.45, 2.75) is 64.8 Å². The summed E-state index contributed by atoms with van der Waals surface area (Å²) in [4.78, 5) is 0. The highest BCUT2D eigenvalue weighted by Gasteiger charge is 2.25. The predicted octanol–water partition coefficient (Wildman–Crippen LogP) is 6.17. The van der Waals surface area contributed by atoms with Crippen molar-refractivity contribution in [2.24, 2.45) is 0 Å². The number of aromatic nitrogens is 2.